The second-order valence-corrected chi connectivity index (χ2v) is 8.32. The Labute approximate surface area is 205 Å². The summed E-state index contributed by atoms with van der Waals surface area (Å²) in [5.41, 5.74) is 3.50. The van der Waals surface area contributed by atoms with Crippen molar-refractivity contribution in [3.8, 4) is 11.5 Å². The molecule has 0 heterocycles. The first-order chi connectivity index (χ1) is 16.5. The van der Waals surface area contributed by atoms with Crippen LogP contribution in [0, 0.1) is 0 Å². The van der Waals surface area contributed by atoms with Gasteiger partial charge in [0.1, 0.15) is 11.5 Å². The highest BCUT2D eigenvalue weighted by atomic mass is 79.9. The monoisotopic (exact) mass is 516 g/mol. The Kier molecular flexibility index (Phi) is 7.34. The zero-order valence-electron chi connectivity index (χ0n) is 18.3. The third-order valence-corrected chi connectivity index (χ3v) is 5.54. The minimum Gasteiger partial charge on any atom is -0.481 e. The lowest BCUT2D eigenvalue weighted by Crippen LogP contribution is -2.33. The molecule has 4 aromatic carbocycles. The van der Waals surface area contributed by atoms with Crippen LogP contribution in [0.4, 0.5) is 0 Å². The number of ether oxygens (including phenoxy) is 2. The maximum Gasteiger partial charge on any atom is 0.343 e. The molecule has 0 aromatic heterocycles. The van der Waals surface area contributed by atoms with Gasteiger partial charge >= 0.3 is 5.97 Å². The normalized spacial score (nSPS) is 11.8. The lowest BCUT2D eigenvalue weighted by Gasteiger charge is -2.13. The molecule has 34 heavy (non-hydrogen) atoms. The quantitative estimate of drug-likeness (QED) is 0.147. The van der Waals surface area contributed by atoms with Crippen LogP contribution in [0.15, 0.2) is 101 Å². The van der Waals surface area contributed by atoms with Crippen LogP contribution >= 0.6 is 15.9 Å². The maximum atomic E-state index is 12.6. The Morgan fingerprint density at radius 2 is 1.62 bits per heavy atom. The SMILES string of the molecule is C[C@H](Oc1ccc(Br)cc1)C(=O)N/N=C\c1c(OC(=O)c2ccccc2)ccc2ccccc12. The van der Waals surface area contributed by atoms with E-state index in [-0.39, 0.29) is 0 Å². The molecule has 0 fully saturated rings. The number of carbonyl (C=O) groups excluding carboxylic acids is 2. The lowest BCUT2D eigenvalue weighted by molar-refractivity contribution is -0.127. The zero-order valence-corrected chi connectivity index (χ0v) is 19.9. The fourth-order valence-electron chi connectivity index (χ4n) is 3.25. The summed E-state index contributed by atoms with van der Waals surface area (Å²) in [6.07, 6.45) is 0.710. The third-order valence-electron chi connectivity index (χ3n) is 5.01. The van der Waals surface area contributed by atoms with Crippen LogP contribution in [-0.2, 0) is 4.79 Å². The molecule has 1 atom stereocenters. The predicted molar refractivity (Wildman–Crippen MR) is 135 cm³/mol. The molecule has 0 radical (unpaired) electrons. The number of hydrogen-bond donors (Lipinski definition) is 1. The molecule has 0 aliphatic heterocycles. The van der Waals surface area contributed by atoms with E-state index in [0.717, 1.165) is 15.2 Å². The Balaban J connectivity index is 1.52. The van der Waals surface area contributed by atoms with E-state index < -0.39 is 18.0 Å². The molecule has 0 spiro atoms. The van der Waals surface area contributed by atoms with Gasteiger partial charge in [-0.2, -0.15) is 5.10 Å². The van der Waals surface area contributed by atoms with Crippen LogP contribution in [0.5, 0.6) is 11.5 Å². The number of nitrogens with zero attached hydrogens (tertiary/aromatic N) is 1. The number of carbonyl (C=O) groups is 2. The average molecular weight is 517 g/mol. The van der Waals surface area contributed by atoms with Crippen molar-refractivity contribution in [3.05, 3.63) is 107 Å². The van der Waals surface area contributed by atoms with Crippen molar-refractivity contribution in [3.63, 3.8) is 0 Å². The highest BCUT2D eigenvalue weighted by Gasteiger charge is 2.15. The Morgan fingerprint density at radius 3 is 2.38 bits per heavy atom. The van der Waals surface area contributed by atoms with Gasteiger partial charge in [-0.05, 0) is 60.2 Å². The van der Waals surface area contributed by atoms with E-state index in [1.54, 1.807) is 49.4 Å². The molecule has 1 N–H and O–H groups in total. The van der Waals surface area contributed by atoms with Crippen molar-refractivity contribution in [2.24, 2.45) is 5.10 Å². The number of benzene rings is 4. The second-order valence-electron chi connectivity index (χ2n) is 7.40. The Hall–Kier alpha value is -3.97. The summed E-state index contributed by atoms with van der Waals surface area (Å²) in [7, 11) is 0. The fraction of sp³-hybridized carbons (Fsp3) is 0.0741. The van der Waals surface area contributed by atoms with Gasteiger partial charge in [-0.3, -0.25) is 4.79 Å². The van der Waals surface area contributed by atoms with E-state index in [2.05, 4.69) is 26.5 Å². The molecule has 0 saturated carbocycles. The van der Waals surface area contributed by atoms with E-state index in [0.29, 0.717) is 22.6 Å². The molecule has 4 rings (SSSR count). The molecule has 0 aliphatic carbocycles. The zero-order chi connectivity index (χ0) is 23.9. The number of rotatable bonds is 7. The predicted octanol–water partition coefficient (Wildman–Crippen LogP) is 5.74. The van der Waals surface area contributed by atoms with Crippen molar-refractivity contribution in [2.75, 3.05) is 0 Å². The van der Waals surface area contributed by atoms with Crippen molar-refractivity contribution in [1.82, 2.24) is 5.43 Å². The van der Waals surface area contributed by atoms with Crippen molar-refractivity contribution in [2.45, 2.75) is 13.0 Å². The topological polar surface area (TPSA) is 77.0 Å². The minimum absolute atomic E-state index is 0.338. The van der Waals surface area contributed by atoms with Crippen LogP contribution in [0.25, 0.3) is 10.8 Å². The van der Waals surface area contributed by atoms with Crippen LogP contribution in [0.2, 0.25) is 0 Å². The van der Waals surface area contributed by atoms with E-state index in [4.69, 9.17) is 9.47 Å². The summed E-state index contributed by atoms with van der Waals surface area (Å²) in [6.45, 7) is 1.64. The van der Waals surface area contributed by atoms with Crippen LogP contribution < -0.4 is 14.9 Å². The van der Waals surface area contributed by atoms with E-state index >= 15 is 0 Å². The van der Waals surface area contributed by atoms with Gasteiger partial charge in [0.2, 0.25) is 0 Å². The number of amides is 1. The summed E-state index contributed by atoms with van der Waals surface area (Å²) in [6, 6.07) is 27.2. The third kappa shape index (κ3) is 5.68. The molecule has 0 aliphatic rings. The highest BCUT2D eigenvalue weighted by molar-refractivity contribution is 9.10. The molecule has 4 aromatic rings. The van der Waals surface area contributed by atoms with Crippen molar-refractivity contribution < 1.29 is 19.1 Å². The van der Waals surface area contributed by atoms with Gasteiger partial charge in [0.05, 0.1) is 11.8 Å². The van der Waals surface area contributed by atoms with Gasteiger partial charge < -0.3 is 9.47 Å². The van der Waals surface area contributed by atoms with Crippen LogP contribution in [0.3, 0.4) is 0 Å². The van der Waals surface area contributed by atoms with E-state index in [1.807, 2.05) is 48.5 Å². The summed E-state index contributed by atoms with van der Waals surface area (Å²) in [5, 5.41) is 5.88. The van der Waals surface area contributed by atoms with Gasteiger partial charge in [-0.1, -0.05) is 64.5 Å². The fourth-order valence-corrected chi connectivity index (χ4v) is 3.52. The molecule has 170 valence electrons. The van der Waals surface area contributed by atoms with Crippen LogP contribution in [0.1, 0.15) is 22.8 Å². The molecule has 0 unspecified atom stereocenters. The Morgan fingerprint density at radius 1 is 0.912 bits per heavy atom. The molecular formula is C27H21BrN2O4. The smallest absolute Gasteiger partial charge is 0.343 e. The summed E-state index contributed by atoms with van der Waals surface area (Å²) < 4.78 is 12.2. The van der Waals surface area contributed by atoms with Gasteiger partial charge in [-0.25, -0.2) is 10.2 Å². The lowest BCUT2D eigenvalue weighted by atomic mass is 10.0. The maximum absolute atomic E-state index is 12.6. The second kappa shape index (κ2) is 10.8. The first-order valence-corrected chi connectivity index (χ1v) is 11.3. The molecular weight excluding hydrogens is 496 g/mol. The molecule has 1 amide bonds. The Bertz CT molecular complexity index is 1340. The van der Waals surface area contributed by atoms with Gasteiger partial charge in [0, 0.05) is 10.0 Å². The molecule has 0 saturated heterocycles. The first kappa shape index (κ1) is 23.2. The number of halogens is 1. The summed E-state index contributed by atoms with van der Waals surface area (Å²) >= 11 is 3.36. The van der Waals surface area contributed by atoms with E-state index in [9.17, 15) is 9.59 Å². The van der Waals surface area contributed by atoms with Gasteiger partial charge in [-0.15, -0.1) is 0 Å². The van der Waals surface area contributed by atoms with Gasteiger partial charge in [0.25, 0.3) is 5.91 Å². The van der Waals surface area contributed by atoms with E-state index in [1.165, 1.54) is 6.21 Å². The number of hydrazone groups is 1. The molecule has 7 heteroatoms. The highest BCUT2D eigenvalue weighted by Crippen LogP contribution is 2.27. The van der Waals surface area contributed by atoms with Crippen molar-refractivity contribution >= 4 is 44.8 Å². The number of hydrogen-bond acceptors (Lipinski definition) is 5. The average Bonchev–Trinajstić information content (AvgIpc) is 2.86. The number of nitrogens with one attached hydrogen (secondary N) is 1. The van der Waals surface area contributed by atoms with Crippen LogP contribution in [-0.4, -0.2) is 24.2 Å². The largest absolute Gasteiger partial charge is 0.481 e. The van der Waals surface area contributed by atoms with Gasteiger partial charge in [0.15, 0.2) is 6.10 Å². The molecule has 6 nitrogen and oxygen atoms in total. The number of fused-ring (bicyclic) bond motifs is 1. The summed E-state index contributed by atoms with van der Waals surface area (Å²) in [5.74, 6) is 0.0111. The first-order valence-electron chi connectivity index (χ1n) is 10.6. The minimum atomic E-state index is -0.763. The standard InChI is InChI=1S/C27H21BrN2O4/c1-18(33-22-14-12-21(28)13-15-22)26(31)30-29-17-24-23-10-6-5-7-19(23)11-16-25(24)34-27(32)20-8-3-2-4-9-20/h2-18H,1H3,(H,30,31)/b29-17-/t18-/m0/s1. The molecule has 0 bridgehead atoms. The number of esters is 1. The summed E-state index contributed by atoms with van der Waals surface area (Å²) in [4.78, 5) is 25.1. The van der Waals surface area contributed by atoms with Crippen molar-refractivity contribution in [1.29, 1.82) is 0 Å².